The molecule has 92 valence electrons. The molecule has 0 aliphatic heterocycles. The fourth-order valence-corrected chi connectivity index (χ4v) is 1.39. The summed E-state index contributed by atoms with van der Waals surface area (Å²) in [5.74, 6) is -2.21. The van der Waals surface area contributed by atoms with Gasteiger partial charge in [0, 0.05) is 0 Å². The molecule has 0 fully saturated rings. The Kier molecular flexibility index (Phi) is 3.73. The van der Waals surface area contributed by atoms with Gasteiger partial charge in [0.1, 0.15) is 5.75 Å². The van der Waals surface area contributed by atoms with E-state index in [-0.39, 0.29) is 5.56 Å². The normalized spacial score (nSPS) is 10.9. The highest BCUT2D eigenvalue weighted by atomic mass is 16.5. The van der Waals surface area contributed by atoms with E-state index in [1.54, 1.807) is 12.1 Å². The zero-order valence-corrected chi connectivity index (χ0v) is 9.64. The number of carbonyl (C=O) groups is 2. The Labute approximate surface area is 98.6 Å². The molecule has 0 amide bonds. The average molecular weight is 238 g/mol. The molecule has 0 saturated carbocycles. The number of ether oxygens (including phenoxy) is 1. The molecule has 5 heteroatoms. The maximum atomic E-state index is 11.1. The van der Waals surface area contributed by atoms with Crippen LogP contribution in [0.3, 0.4) is 0 Å². The van der Waals surface area contributed by atoms with E-state index in [1.807, 2.05) is 6.92 Å². The van der Waals surface area contributed by atoms with Gasteiger partial charge in [0.2, 0.25) is 0 Å². The van der Waals surface area contributed by atoms with Crippen molar-refractivity contribution in [1.82, 2.24) is 0 Å². The Morgan fingerprint density at radius 1 is 1.18 bits per heavy atom. The maximum absolute atomic E-state index is 11.1. The first kappa shape index (κ1) is 13.0. The Bertz CT molecular complexity index is 407. The van der Waals surface area contributed by atoms with E-state index in [0.29, 0.717) is 12.4 Å². The number of carboxylic acid groups (broad SMARTS) is 2. The highest BCUT2D eigenvalue weighted by Gasteiger charge is 2.43. The van der Waals surface area contributed by atoms with Crippen LogP contribution in [0.1, 0.15) is 19.4 Å². The Morgan fingerprint density at radius 2 is 1.65 bits per heavy atom. The summed E-state index contributed by atoms with van der Waals surface area (Å²) in [6.45, 7) is 3.48. The van der Waals surface area contributed by atoms with Gasteiger partial charge in [-0.3, -0.25) is 9.59 Å². The van der Waals surface area contributed by atoms with Crippen molar-refractivity contribution in [2.75, 3.05) is 6.61 Å². The van der Waals surface area contributed by atoms with Gasteiger partial charge in [-0.25, -0.2) is 0 Å². The van der Waals surface area contributed by atoms with Crippen molar-refractivity contribution in [1.29, 1.82) is 0 Å². The quantitative estimate of drug-likeness (QED) is 0.759. The Balaban J connectivity index is 3.13. The molecule has 0 aromatic heterocycles. The maximum Gasteiger partial charge on any atom is 0.325 e. The molecule has 1 aromatic carbocycles. The topological polar surface area (TPSA) is 83.8 Å². The molecule has 1 aromatic rings. The summed E-state index contributed by atoms with van der Waals surface area (Å²) in [5, 5.41) is 18.0. The molecule has 0 radical (unpaired) electrons. The van der Waals surface area contributed by atoms with Crippen molar-refractivity contribution in [2.45, 2.75) is 19.3 Å². The van der Waals surface area contributed by atoms with Gasteiger partial charge in [-0.2, -0.15) is 0 Å². The number of benzene rings is 1. The first-order valence-electron chi connectivity index (χ1n) is 5.13. The molecule has 0 aliphatic rings. The minimum Gasteiger partial charge on any atom is -0.494 e. The zero-order chi connectivity index (χ0) is 13.1. The Morgan fingerprint density at radius 3 is 2.00 bits per heavy atom. The van der Waals surface area contributed by atoms with Crippen molar-refractivity contribution in [3.63, 3.8) is 0 Å². The minimum atomic E-state index is -1.94. The van der Waals surface area contributed by atoms with Crippen molar-refractivity contribution in [2.24, 2.45) is 0 Å². The first-order chi connectivity index (χ1) is 7.92. The molecule has 0 bridgehead atoms. The summed E-state index contributed by atoms with van der Waals surface area (Å²) in [4.78, 5) is 22.1. The van der Waals surface area contributed by atoms with E-state index in [1.165, 1.54) is 12.1 Å². The van der Waals surface area contributed by atoms with Gasteiger partial charge in [-0.15, -0.1) is 0 Å². The summed E-state index contributed by atoms with van der Waals surface area (Å²) in [6.07, 6.45) is 0. The third-order valence-electron chi connectivity index (χ3n) is 2.60. The lowest BCUT2D eigenvalue weighted by atomic mass is 9.83. The van der Waals surface area contributed by atoms with Gasteiger partial charge in [0.15, 0.2) is 5.41 Å². The average Bonchev–Trinajstić information content (AvgIpc) is 2.28. The van der Waals surface area contributed by atoms with Crippen molar-refractivity contribution in [3.8, 4) is 5.75 Å². The smallest absolute Gasteiger partial charge is 0.325 e. The molecule has 1 rings (SSSR count). The van der Waals surface area contributed by atoms with Crippen LogP contribution in [0.15, 0.2) is 24.3 Å². The third kappa shape index (κ3) is 2.38. The lowest BCUT2D eigenvalue weighted by Gasteiger charge is -2.20. The van der Waals surface area contributed by atoms with Gasteiger partial charge >= 0.3 is 11.9 Å². The fourth-order valence-electron chi connectivity index (χ4n) is 1.39. The van der Waals surface area contributed by atoms with Gasteiger partial charge in [0.25, 0.3) is 0 Å². The van der Waals surface area contributed by atoms with E-state index in [2.05, 4.69) is 0 Å². The molecular formula is C12H14O5. The standard InChI is InChI=1S/C12H14O5/c1-3-17-9-6-4-8(5-7-9)12(2,10(13)14)11(15)16/h4-7H,3H2,1-2H3,(H,13,14)(H,15,16). The molecule has 0 heterocycles. The van der Waals surface area contributed by atoms with E-state index in [0.717, 1.165) is 6.92 Å². The largest absolute Gasteiger partial charge is 0.494 e. The number of hydrogen-bond donors (Lipinski definition) is 2. The lowest BCUT2D eigenvalue weighted by Crippen LogP contribution is -2.40. The summed E-state index contributed by atoms with van der Waals surface area (Å²) in [7, 11) is 0. The SMILES string of the molecule is CCOc1ccc(C(C)(C(=O)O)C(=O)O)cc1. The summed E-state index contributed by atoms with van der Waals surface area (Å²) in [5.41, 5.74) is -1.73. The van der Waals surface area contributed by atoms with Gasteiger partial charge in [0.05, 0.1) is 6.61 Å². The molecule has 0 unspecified atom stereocenters. The van der Waals surface area contributed by atoms with Crippen LogP contribution in [0.4, 0.5) is 0 Å². The molecule has 2 N–H and O–H groups in total. The van der Waals surface area contributed by atoms with Crippen LogP contribution < -0.4 is 4.74 Å². The first-order valence-corrected chi connectivity index (χ1v) is 5.13. The molecule has 0 spiro atoms. The zero-order valence-electron chi connectivity index (χ0n) is 9.64. The molecule has 17 heavy (non-hydrogen) atoms. The van der Waals surface area contributed by atoms with E-state index in [9.17, 15) is 9.59 Å². The predicted octanol–water partition coefficient (Wildman–Crippen LogP) is 1.51. The second-order valence-electron chi connectivity index (χ2n) is 3.69. The second-order valence-corrected chi connectivity index (χ2v) is 3.69. The molecular weight excluding hydrogens is 224 g/mol. The second kappa shape index (κ2) is 4.86. The van der Waals surface area contributed by atoms with Crippen LogP contribution in [0.25, 0.3) is 0 Å². The van der Waals surface area contributed by atoms with Crippen LogP contribution in [-0.2, 0) is 15.0 Å². The van der Waals surface area contributed by atoms with Gasteiger partial charge in [-0.05, 0) is 31.5 Å². The van der Waals surface area contributed by atoms with Gasteiger partial charge in [-0.1, -0.05) is 12.1 Å². The van der Waals surface area contributed by atoms with Gasteiger partial charge < -0.3 is 14.9 Å². The monoisotopic (exact) mass is 238 g/mol. The van der Waals surface area contributed by atoms with E-state index in [4.69, 9.17) is 14.9 Å². The third-order valence-corrected chi connectivity index (χ3v) is 2.60. The molecule has 0 atom stereocenters. The highest BCUT2D eigenvalue weighted by molar-refractivity contribution is 6.04. The van der Waals surface area contributed by atoms with Crippen LogP contribution in [0.2, 0.25) is 0 Å². The van der Waals surface area contributed by atoms with E-state index >= 15 is 0 Å². The van der Waals surface area contributed by atoms with Crippen molar-refractivity contribution >= 4 is 11.9 Å². The van der Waals surface area contributed by atoms with Crippen LogP contribution in [-0.4, -0.2) is 28.8 Å². The van der Waals surface area contributed by atoms with Crippen molar-refractivity contribution in [3.05, 3.63) is 29.8 Å². The Hall–Kier alpha value is -2.04. The van der Waals surface area contributed by atoms with E-state index < -0.39 is 17.4 Å². The number of carboxylic acids is 2. The minimum absolute atomic E-state index is 0.209. The summed E-state index contributed by atoms with van der Waals surface area (Å²) in [6, 6.07) is 6.02. The van der Waals surface area contributed by atoms with Crippen LogP contribution in [0, 0.1) is 0 Å². The highest BCUT2D eigenvalue weighted by Crippen LogP contribution is 2.26. The van der Waals surface area contributed by atoms with Crippen LogP contribution >= 0.6 is 0 Å². The number of hydrogen-bond acceptors (Lipinski definition) is 3. The fraction of sp³-hybridized carbons (Fsp3) is 0.333. The lowest BCUT2D eigenvalue weighted by molar-refractivity contribution is -0.156. The molecule has 5 nitrogen and oxygen atoms in total. The van der Waals surface area contributed by atoms with Crippen LogP contribution in [0.5, 0.6) is 5.75 Å². The molecule has 0 saturated heterocycles. The molecule has 0 aliphatic carbocycles. The number of rotatable bonds is 5. The number of aliphatic carboxylic acids is 2. The van der Waals surface area contributed by atoms with Crippen molar-refractivity contribution < 1.29 is 24.5 Å². The summed E-state index contributed by atoms with van der Waals surface area (Å²) < 4.78 is 5.20. The summed E-state index contributed by atoms with van der Waals surface area (Å²) >= 11 is 0. The predicted molar refractivity (Wildman–Crippen MR) is 60.2 cm³/mol.